The molecule has 0 spiro atoms. The summed E-state index contributed by atoms with van der Waals surface area (Å²) in [5, 5.41) is 8.26. The number of anilines is 1. The van der Waals surface area contributed by atoms with E-state index in [0.29, 0.717) is 0 Å². The van der Waals surface area contributed by atoms with Crippen LogP contribution in [0.3, 0.4) is 0 Å². The third kappa shape index (κ3) is 8.68. The smallest absolute Gasteiger partial charge is 0.243 e. The highest BCUT2D eigenvalue weighted by atomic mass is 16.2. The molecule has 0 aromatic heterocycles. The molecule has 0 bridgehead atoms. The van der Waals surface area contributed by atoms with Gasteiger partial charge in [0, 0.05) is 11.2 Å². The molecular formula is C20H32N4O3. The number of aryl methyl sites for hydroxylation is 3. The number of amides is 3. The summed E-state index contributed by atoms with van der Waals surface area (Å²) < 4.78 is 0. The molecule has 0 saturated carbocycles. The summed E-state index contributed by atoms with van der Waals surface area (Å²) in [6.45, 7) is 11.6. The molecule has 0 unspecified atom stereocenters. The Hall–Kier alpha value is -2.41. The lowest BCUT2D eigenvalue weighted by molar-refractivity contribution is -0.126. The second-order valence-electron chi connectivity index (χ2n) is 8.07. The van der Waals surface area contributed by atoms with Gasteiger partial charge < -0.3 is 16.0 Å². The number of likely N-dealkylation sites (N-methyl/N-ethyl adjacent to an activating group) is 1. The molecule has 3 N–H and O–H groups in total. The maximum Gasteiger partial charge on any atom is 0.243 e. The minimum Gasteiger partial charge on any atom is -0.350 e. The van der Waals surface area contributed by atoms with Crippen LogP contribution in [0.1, 0.15) is 37.5 Å². The molecule has 0 aliphatic carbocycles. The van der Waals surface area contributed by atoms with Gasteiger partial charge in [-0.3, -0.25) is 19.3 Å². The third-order valence-electron chi connectivity index (χ3n) is 3.73. The fourth-order valence-corrected chi connectivity index (χ4v) is 2.80. The molecule has 0 radical (unpaired) electrons. The standard InChI is InChI=1S/C20H32N4O3/c1-13-8-14(2)19(15(3)9-13)22-16(25)10-21-17(26)11-24(7)12-18(27)23-20(4,5)6/h8-9H,10-12H2,1-7H3,(H,21,26)(H,22,25)(H,23,27). The lowest BCUT2D eigenvalue weighted by Gasteiger charge is -2.23. The summed E-state index contributed by atoms with van der Waals surface area (Å²) in [6, 6.07) is 4.00. The van der Waals surface area contributed by atoms with E-state index in [9.17, 15) is 14.4 Å². The van der Waals surface area contributed by atoms with Crippen LogP contribution >= 0.6 is 0 Å². The van der Waals surface area contributed by atoms with Gasteiger partial charge >= 0.3 is 0 Å². The maximum absolute atomic E-state index is 12.1. The Kier molecular flexibility index (Phi) is 7.97. The number of hydrogen-bond donors (Lipinski definition) is 3. The summed E-state index contributed by atoms with van der Waals surface area (Å²) in [5.41, 5.74) is 3.56. The molecule has 1 aromatic carbocycles. The fraction of sp³-hybridized carbons (Fsp3) is 0.550. The van der Waals surface area contributed by atoms with Crippen LogP contribution in [0, 0.1) is 20.8 Å². The van der Waals surface area contributed by atoms with E-state index in [-0.39, 0.29) is 42.9 Å². The van der Waals surface area contributed by atoms with E-state index in [4.69, 9.17) is 0 Å². The number of nitrogens with one attached hydrogen (secondary N) is 3. The predicted molar refractivity (Wildman–Crippen MR) is 108 cm³/mol. The van der Waals surface area contributed by atoms with Crippen LogP contribution in [-0.4, -0.2) is 54.8 Å². The molecule has 27 heavy (non-hydrogen) atoms. The highest BCUT2D eigenvalue weighted by Gasteiger charge is 2.17. The van der Waals surface area contributed by atoms with Gasteiger partial charge in [-0.15, -0.1) is 0 Å². The first-order chi connectivity index (χ1) is 12.4. The van der Waals surface area contributed by atoms with Crippen LogP contribution in [0.4, 0.5) is 5.69 Å². The van der Waals surface area contributed by atoms with Gasteiger partial charge in [0.25, 0.3) is 0 Å². The molecule has 1 aromatic rings. The molecule has 0 atom stereocenters. The van der Waals surface area contributed by atoms with Crippen LogP contribution in [-0.2, 0) is 14.4 Å². The fourth-order valence-electron chi connectivity index (χ4n) is 2.80. The third-order valence-corrected chi connectivity index (χ3v) is 3.73. The first-order valence-corrected chi connectivity index (χ1v) is 9.01. The average molecular weight is 377 g/mol. The molecule has 0 fully saturated rings. The number of carbonyl (C=O) groups is 3. The molecule has 7 nitrogen and oxygen atoms in total. The van der Waals surface area contributed by atoms with Crippen molar-refractivity contribution >= 4 is 23.4 Å². The van der Waals surface area contributed by atoms with Gasteiger partial charge in [-0.05, 0) is 59.7 Å². The Labute approximate surface area is 161 Å². The number of benzene rings is 1. The van der Waals surface area contributed by atoms with Gasteiger partial charge in [0.15, 0.2) is 0 Å². The first kappa shape index (κ1) is 22.6. The van der Waals surface area contributed by atoms with E-state index in [1.54, 1.807) is 11.9 Å². The van der Waals surface area contributed by atoms with E-state index >= 15 is 0 Å². The lowest BCUT2D eigenvalue weighted by atomic mass is 10.1. The molecule has 7 heteroatoms. The highest BCUT2D eigenvalue weighted by Crippen LogP contribution is 2.21. The zero-order chi connectivity index (χ0) is 20.8. The van der Waals surface area contributed by atoms with Crippen molar-refractivity contribution in [3.8, 4) is 0 Å². The van der Waals surface area contributed by atoms with Crippen molar-refractivity contribution in [1.29, 1.82) is 0 Å². The minimum atomic E-state index is -0.315. The van der Waals surface area contributed by atoms with Crippen molar-refractivity contribution in [2.24, 2.45) is 0 Å². The second kappa shape index (κ2) is 9.50. The van der Waals surface area contributed by atoms with Gasteiger partial charge in [-0.2, -0.15) is 0 Å². The number of carbonyl (C=O) groups excluding carboxylic acids is 3. The van der Waals surface area contributed by atoms with Crippen molar-refractivity contribution in [1.82, 2.24) is 15.5 Å². The molecule has 0 aliphatic rings. The van der Waals surface area contributed by atoms with Crippen LogP contribution in [0.25, 0.3) is 0 Å². The van der Waals surface area contributed by atoms with Crippen molar-refractivity contribution < 1.29 is 14.4 Å². The van der Waals surface area contributed by atoms with Gasteiger partial charge in [0.2, 0.25) is 17.7 Å². The SMILES string of the molecule is Cc1cc(C)c(NC(=O)CNC(=O)CN(C)CC(=O)NC(C)(C)C)c(C)c1. The Bertz CT molecular complexity index is 685. The van der Waals surface area contributed by atoms with Gasteiger partial charge in [-0.25, -0.2) is 0 Å². The Morgan fingerprint density at radius 1 is 0.926 bits per heavy atom. The molecule has 1 rings (SSSR count). The average Bonchev–Trinajstić information content (AvgIpc) is 2.46. The molecule has 0 heterocycles. The number of rotatable bonds is 7. The number of hydrogen-bond acceptors (Lipinski definition) is 4. The molecule has 0 saturated heterocycles. The van der Waals surface area contributed by atoms with E-state index in [0.717, 1.165) is 22.4 Å². The monoisotopic (exact) mass is 376 g/mol. The minimum absolute atomic E-state index is 0.0351. The van der Waals surface area contributed by atoms with Crippen LogP contribution in [0.15, 0.2) is 12.1 Å². The van der Waals surface area contributed by atoms with Gasteiger partial charge in [0.05, 0.1) is 19.6 Å². The topological polar surface area (TPSA) is 90.5 Å². The van der Waals surface area contributed by atoms with Gasteiger partial charge in [0.1, 0.15) is 0 Å². The summed E-state index contributed by atoms with van der Waals surface area (Å²) in [5.74, 6) is -0.749. The largest absolute Gasteiger partial charge is 0.350 e. The summed E-state index contributed by atoms with van der Waals surface area (Å²) in [7, 11) is 1.68. The Balaban J connectivity index is 2.44. The predicted octanol–water partition coefficient (Wildman–Crippen LogP) is 1.51. The lowest BCUT2D eigenvalue weighted by Crippen LogP contribution is -2.47. The highest BCUT2D eigenvalue weighted by molar-refractivity contribution is 5.96. The zero-order valence-electron chi connectivity index (χ0n) is 17.4. The van der Waals surface area contributed by atoms with Crippen molar-refractivity contribution in [3.05, 3.63) is 28.8 Å². The first-order valence-electron chi connectivity index (χ1n) is 9.01. The Morgan fingerprint density at radius 2 is 1.44 bits per heavy atom. The number of nitrogens with zero attached hydrogens (tertiary/aromatic N) is 1. The van der Waals surface area contributed by atoms with E-state index in [1.807, 2.05) is 53.7 Å². The van der Waals surface area contributed by atoms with E-state index < -0.39 is 0 Å². The second-order valence-corrected chi connectivity index (χ2v) is 8.07. The van der Waals surface area contributed by atoms with Crippen molar-refractivity contribution in [2.75, 3.05) is 32.0 Å². The summed E-state index contributed by atoms with van der Waals surface area (Å²) in [4.78, 5) is 37.6. The van der Waals surface area contributed by atoms with E-state index in [2.05, 4.69) is 16.0 Å². The van der Waals surface area contributed by atoms with Crippen molar-refractivity contribution in [3.63, 3.8) is 0 Å². The maximum atomic E-state index is 12.1. The zero-order valence-corrected chi connectivity index (χ0v) is 17.4. The molecule has 0 aliphatic heterocycles. The molecular weight excluding hydrogens is 344 g/mol. The molecule has 150 valence electrons. The Morgan fingerprint density at radius 3 is 1.96 bits per heavy atom. The van der Waals surface area contributed by atoms with Crippen LogP contribution in [0.5, 0.6) is 0 Å². The van der Waals surface area contributed by atoms with Gasteiger partial charge in [-0.1, -0.05) is 17.7 Å². The summed E-state index contributed by atoms with van der Waals surface area (Å²) in [6.07, 6.45) is 0. The normalized spacial score (nSPS) is 11.3. The molecule has 3 amide bonds. The van der Waals surface area contributed by atoms with Crippen LogP contribution < -0.4 is 16.0 Å². The quantitative estimate of drug-likeness (QED) is 0.673. The van der Waals surface area contributed by atoms with Crippen LogP contribution in [0.2, 0.25) is 0 Å². The van der Waals surface area contributed by atoms with E-state index in [1.165, 1.54) is 0 Å². The summed E-state index contributed by atoms with van der Waals surface area (Å²) >= 11 is 0. The van der Waals surface area contributed by atoms with Crippen molar-refractivity contribution in [2.45, 2.75) is 47.1 Å².